The number of pyridine rings is 1. The van der Waals surface area contributed by atoms with Crippen LogP contribution >= 0.6 is 0 Å². The van der Waals surface area contributed by atoms with Gasteiger partial charge in [0.05, 0.1) is 51.9 Å². The molecule has 4 heterocycles. The van der Waals surface area contributed by atoms with Crippen molar-refractivity contribution in [3.05, 3.63) is 66.6 Å². The summed E-state index contributed by atoms with van der Waals surface area (Å²) in [6.45, 7) is 6.98. The second-order valence-corrected chi connectivity index (χ2v) is 8.42. The molecule has 1 N–H and O–H groups in total. The maximum absolute atomic E-state index is 9.46. The molecular formula is C25H25N9. The van der Waals surface area contributed by atoms with Crippen LogP contribution in [0, 0.1) is 11.3 Å². The van der Waals surface area contributed by atoms with E-state index < -0.39 is 0 Å². The van der Waals surface area contributed by atoms with Crippen molar-refractivity contribution in [2.45, 2.75) is 26.7 Å². The molecule has 5 rings (SSSR count). The summed E-state index contributed by atoms with van der Waals surface area (Å²) in [7, 11) is 1.89. The van der Waals surface area contributed by atoms with Gasteiger partial charge in [0.1, 0.15) is 6.07 Å². The zero-order valence-corrected chi connectivity index (χ0v) is 19.6. The van der Waals surface area contributed by atoms with Gasteiger partial charge in [-0.25, -0.2) is 14.6 Å². The first-order valence-electron chi connectivity index (χ1n) is 11.2. The number of aryl methyl sites for hydroxylation is 1. The molecule has 0 atom stereocenters. The molecule has 0 bridgehead atoms. The molecule has 0 radical (unpaired) electrons. The third-order valence-corrected chi connectivity index (χ3v) is 5.72. The molecule has 0 spiro atoms. The predicted octanol–water partition coefficient (Wildman–Crippen LogP) is 4.43. The molecule has 0 unspecified atom stereocenters. The summed E-state index contributed by atoms with van der Waals surface area (Å²) in [5.41, 5.74) is 6.69. The summed E-state index contributed by atoms with van der Waals surface area (Å²) < 4.78 is 5.63. The van der Waals surface area contributed by atoms with Crippen molar-refractivity contribution in [3.63, 3.8) is 0 Å². The smallest absolute Gasteiger partial charge is 0.165 e. The average molecular weight is 452 g/mol. The first kappa shape index (κ1) is 21.4. The number of rotatable bonds is 6. The van der Waals surface area contributed by atoms with Gasteiger partial charge in [-0.15, -0.1) is 0 Å². The van der Waals surface area contributed by atoms with E-state index in [9.17, 15) is 5.26 Å². The number of aromatic nitrogens is 7. The molecule has 4 aromatic heterocycles. The van der Waals surface area contributed by atoms with Crippen LogP contribution in [0.4, 0.5) is 5.69 Å². The second-order valence-electron chi connectivity index (χ2n) is 8.42. The van der Waals surface area contributed by atoms with Crippen LogP contribution < -0.4 is 5.32 Å². The van der Waals surface area contributed by atoms with E-state index in [-0.39, 0.29) is 5.92 Å². The Bertz CT molecular complexity index is 1530. The number of nitrogens with one attached hydrogen (secondary N) is 1. The van der Waals surface area contributed by atoms with Crippen LogP contribution in [0.1, 0.15) is 37.9 Å². The molecule has 9 nitrogen and oxygen atoms in total. The van der Waals surface area contributed by atoms with Gasteiger partial charge in [0.25, 0.3) is 0 Å². The molecule has 0 aliphatic carbocycles. The number of hydrogen-bond donors (Lipinski definition) is 1. The van der Waals surface area contributed by atoms with E-state index in [1.54, 1.807) is 17.1 Å². The molecule has 0 saturated carbocycles. The van der Waals surface area contributed by atoms with Gasteiger partial charge in [0, 0.05) is 37.7 Å². The van der Waals surface area contributed by atoms with Crippen molar-refractivity contribution in [1.82, 2.24) is 34.1 Å². The largest absolute Gasteiger partial charge is 0.384 e. The zero-order valence-electron chi connectivity index (χ0n) is 19.6. The number of nitrogens with zero attached hydrogens (tertiary/aromatic N) is 8. The molecule has 0 saturated heterocycles. The highest BCUT2D eigenvalue weighted by Gasteiger charge is 2.20. The van der Waals surface area contributed by atoms with Gasteiger partial charge >= 0.3 is 0 Å². The second kappa shape index (κ2) is 8.48. The maximum Gasteiger partial charge on any atom is 0.165 e. The van der Waals surface area contributed by atoms with E-state index >= 15 is 0 Å². The van der Waals surface area contributed by atoms with Crippen LogP contribution in [0.25, 0.3) is 33.7 Å². The lowest BCUT2D eigenvalue weighted by molar-refractivity contribution is 0.768. The summed E-state index contributed by atoms with van der Waals surface area (Å²) in [5, 5.41) is 22.9. The average Bonchev–Trinajstić information content (AvgIpc) is 3.57. The minimum Gasteiger partial charge on any atom is -0.384 e. The summed E-state index contributed by atoms with van der Waals surface area (Å²) >= 11 is 0. The highest BCUT2D eigenvalue weighted by molar-refractivity contribution is 5.89. The van der Waals surface area contributed by atoms with Gasteiger partial charge in [-0.05, 0) is 37.1 Å². The first-order valence-corrected chi connectivity index (χ1v) is 11.2. The van der Waals surface area contributed by atoms with Crippen LogP contribution in [0.15, 0.2) is 55.4 Å². The minimum atomic E-state index is 0.180. The van der Waals surface area contributed by atoms with E-state index in [1.807, 2.05) is 66.2 Å². The third-order valence-electron chi connectivity index (χ3n) is 5.72. The van der Waals surface area contributed by atoms with Crippen molar-refractivity contribution in [3.8, 4) is 28.7 Å². The molecule has 5 aromatic rings. The van der Waals surface area contributed by atoms with Crippen LogP contribution in [0.5, 0.6) is 0 Å². The lowest BCUT2D eigenvalue weighted by atomic mass is 10.1. The van der Waals surface area contributed by atoms with E-state index in [2.05, 4.69) is 35.3 Å². The molecule has 1 aromatic carbocycles. The fraction of sp³-hybridized carbons (Fsp3) is 0.240. The lowest BCUT2D eigenvalue weighted by Gasteiger charge is -2.09. The van der Waals surface area contributed by atoms with Gasteiger partial charge in [-0.3, -0.25) is 4.68 Å². The Morgan fingerprint density at radius 2 is 2.00 bits per heavy atom. The minimum absolute atomic E-state index is 0.180. The fourth-order valence-electron chi connectivity index (χ4n) is 4.11. The lowest BCUT2D eigenvalue weighted by Crippen LogP contribution is -2.03. The summed E-state index contributed by atoms with van der Waals surface area (Å²) in [6.07, 6.45) is 9.35. The maximum atomic E-state index is 9.46. The molecule has 0 aliphatic rings. The summed E-state index contributed by atoms with van der Waals surface area (Å²) in [5.74, 6) is 0.180. The Kier molecular flexibility index (Phi) is 5.34. The van der Waals surface area contributed by atoms with Crippen LogP contribution in [-0.2, 0) is 7.05 Å². The fourth-order valence-corrected chi connectivity index (χ4v) is 4.11. The molecule has 0 aliphatic heterocycles. The topological polar surface area (TPSA) is 102 Å². The van der Waals surface area contributed by atoms with Gasteiger partial charge in [-0.1, -0.05) is 13.8 Å². The Morgan fingerprint density at radius 3 is 2.71 bits per heavy atom. The number of hydrogen-bond acceptors (Lipinski definition) is 6. The Labute approximate surface area is 197 Å². The van der Waals surface area contributed by atoms with Crippen molar-refractivity contribution >= 4 is 16.7 Å². The van der Waals surface area contributed by atoms with E-state index in [4.69, 9.17) is 10.1 Å². The van der Waals surface area contributed by atoms with Crippen molar-refractivity contribution in [2.24, 2.45) is 7.05 Å². The van der Waals surface area contributed by atoms with Gasteiger partial charge < -0.3 is 9.88 Å². The van der Waals surface area contributed by atoms with Crippen molar-refractivity contribution in [2.75, 3.05) is 11.9 Å². The number of fused-ring (bicyclic) bond motifs is 1. The monoisotopic (exact) mass is 451 g/mol. The van der Waals surface area contributed by atoms with Crippen LogP contribution in [0.2, 0.25) is 0 Å². The van der Waals surface area contributed by atoms with Crippen molar-refractivity contribution < 1.29 is 0 Å². The Morgan fingerprint density at radius 1 is 1.15 bits per heavy atom. The molecule has 0 amide bonds. The zero-order chi connectivity index (χ0) is 23.8. The van der Waals surface area contributed by atoms with Gasteiger partial charge in [-0.2, -0.15) is 15.5 Å². The number of anilines is 1. The molecule has 34 heavy (non-hydrogen) atoms. The number of nitriles is 1. The van der Waals surface area contributed by atoms with Gasteiger partial charge in [0.2, 0.25) is 0 Å². The Hall–Kier alpha value is -4.45. The van der Waals surface area contributed by atoms with E-state index in [1.165, 1.54) is 0 Å². The first-order chi connectivity index (χ1) is 16.5. The van der Waals surface area contributed by atoms with Crippen molar-refractivity contribution in [1.29, 1.82) is 5.26 Å². The van der Waals surface area contributed by atoms with Crippen LogP contribution in [-0.4, -0.2) is 40.6 Å². The van der Waals surface area contributed by atoms with E-state index in [0.717, 1.165) is 51.6 Å². The molecule has 0 fully saturated rings. The molecule has 170 valence electrons. The quantitative estimate of drug-likeness (QED) is 0.410. The Balaban J connectivity index is 1.68. The highest BCUT2D eigenvalue weighted by atomic mass is 15.3. The molecule has 9 heteroatoms. The number of imidazole rings is 1. The normalized spacial score (nSPS) is 11.3. The summed E-state index contributed by atoms with van der Waals surface area (Å²) in [6, 6.07) is 9.90. The standard InChI is InChI=1S/C25H25N9/c1-5-27-20-10-19(7-6-17(20)11-26)34-25-23(24(31-34)16(2)3)22(8-9-28-25)33-14-21(29-15-33)18-12-30-32(4)13-18/h6-10,12-16,27H,5H2,1-4H3. The van der Waals surface area contributed by atoms with Crippen LogP contribution in [0.3, 0.4) is 0 Å². The highest BCUT2D eigenvalue weighted by Crippen LogP contribution is 2.32. The number of benzene rings is 1. The third kappa shape index (κ3) is 3.59. The predicted molar refractivity (Wildman–Crippen MR) is 131 cm³/mol. The molecular weight excluding hydrogens is 426 g/mol. The SMILES string of the molecule is CCNc1cc(-n2nc(C(C)C)c3c(-n4cnc(-c5cnn(C)c5)c4)ccnc32)ccc1C#N. The van der Waals surface area contributed by atoms with E-state index in [0.29, 0.717) is 5.56 Å². The van der Waals surface area contributed by atoms with Gasteiger partial charge in [0.15, 0.2) is 5.65 Å². The summed E-state index contributed by atoms with van der Waals surface area (Å²) in [4.78, 5) is 9.30.